The lowest BCUT2D eigenvalue weighted by molar-refractivity contribution is -0.137. The Bertz CT molecular complexity index is 1490. The first-order valence-corrected chi connectivity index (χ1v) is 14.8. The van der Waals surface area contributed by atoms with Crippen LogP contribution in [-0.2, 0) is 24.3 Å². The van der Waals surface area contributed by atoms with E-state index in [4.69, 9.17) is 32.7 Å². The topological polar surface area (TPSA) is 118 Å². The summed E-state index contributed by atoms with van der Waals surface area (Å²) >= 11 is 12.2. The van der Waals surface area contributed by atoms with Gasteiger partial charge in [0.05, 0.1) is 30.0 Å². The van der Waals surface area contributed by atoms with E-state index in [0.717, 1.165) is 9.87 Å². The molecule has 0 aliphatic carbocycles. The summed E-state index contributed by atoms with van der Waals surface area (Å²) in [6.07, 6.45) is 1.40. The number of nitrogens with zero attached hydrogens (tertiary/aromatic N) is 3. The standard InChI is InChI=1S/C28H28Cl2N4O6S/c1-20-2-8-26(9-3-20)41(37,38)34(24-15-22(29)14-23(30)16-24)18-27(35)32-31-17-21-4-6-25(7-5-21)40-19-28(36)33-10-12-39-13-11-33/h2-9,14-17H,10-13,18-19H2,1H3,(H,32,35)/b31-17-. The molecule has 1 N–H and O–H groups in total. The molecule has 1 fully saturated rings. The van der Waals surface area contributed by atoms with Crippen LogP contribution in [0.3, 0.4) is 0 Å². The number of sulfonamides is 1. The van der Waals surface area contributed by atoms with E-state index in [1.54, 1.807) is 41.3 Å². The molecule has 41 heavy (non-hydrogen) atoms. The average molecular weight is 620 g/mol. The van der Waals surface area contributed by atoms with Gasteiger partial charge < -0.3 is 14.4 Å². The second kappa shape index (κ2) is 13.8. The molecule has 0 saturated carbocycles. The van der Waals surface area contributed by atoms with Gasteiger partial charge in [-0.1, -0.05) is 40.9 Å². The molecule has 10 nitrogen and oxygen atoms in total. The predicted molar refractivity (Wildman–Crippen MR) is 157 cm³/mol. The Hall–Kier alpha value is -3.64. The normalized spacial score (nSPS) is 13.7. The van der Waals surface area contributed by atoms with Gasteiger partial charge >= 0.3 is 0 Å². The van der Waals surface area contributed by atoms with E-state index in [9.17, 15) is 18.0 Å². The number of rotatable bonds is 10. The van der Waals surface area contributed by atoms with Gasteiger partial charge in [-0.25, -0.2) is 13.8 Å². The highest BCUT2D eigenvalue weighted by atomic mass is 35.5. The van der Waals surface area contributed by atoms with Gasteiger partial charge in [-0.2, -0.15) is 5.10 Å². The van der Waals surface area contributed by atoms with Crippen LogP contribution in [0.5, 0.6) is 5.75 Å². The minimum atomic E-state index is -4.14. The minimum absolute atomic E-state index is 0.00412. The van der Waals surface area contributed by atoms with Gasteiger partial charge in [-0.3, -0.25) is 13.9 Å². The third kappa shape index (κ3) is 8.43. The summed E-state index contributed by atoms with van der Waals surface area (Å²) in [5.74, 6) is -0.292. The summed E-state index contributed by atoms with van der Waals surface area (Å²) in [6, 6.07) is 17.3. The van der Waals surface area contributed by atoms with Crippen molar-refractivity contribution in [3.63, 3.8) is 0 Å². The molecule has 3 aromatic carbocycles. The van der Waals surface area contributed by atoms with Crippen LogP contribution in [-0.4, -0.2) is 70.8 Å². The van der Waals surface area contributed by atoms with Crippen molar-refractivity contribution >= 4 is 56.9 Å². The molecule has 0 radical (unpaired) electrons. The molecule has 0 aromatic heterocycles. The fraction of sp³-hybridized carbons (Fsp3) is 0.250. The molecule has 216 valence electrons. The van der Waals surface area contributed by atoms with Gasteiger partial charge in [0.15, 0.2) is 6.61 Å². The molecule has 1 aliphatic rings. The van der Waals surface area contributed by atoms with Crippen LogP contribution >= 0.6 is 23.2 Å². The van der Waals surface area contributed by atoms with Crippen LogP contribution in [0.2, 0.25) is 10.0 Å². The van der Waals surface area contributed by atoms with E-state index >= 15 is 0 Å². The van der Waals surface area contributed by atoms with Crippen LogP contribution in [0.25, 0.3) is 0 Å². The quantitative estimate of drug-likeness (QED) is 0.272. The lowest BCUT2D eigenvalue weighted by atomic mass is 10.2. The zero-order valence-electron chi connectivity index (χ0n) is 22.1. The SMILES string of the molecule is Cc1ccc(S(=O)(=O)N(CC(=O)N/N=C\c2ccc(OCC(=O)N3CCOCC3)cc2)c2cc(Cl)cc(Cl)c2)cc1. The Kier molecular flexibility index (Phi) is 10.2. The van der Waals surface area contributed by atoms with Crippen molar-refractivity contribution < 1.29 is 27.5 Å². The van der Waals surface area contributed by atoms with Gasteiger partial charge in [0.1, 0.15) is 12.3 Å². The first-order chi connectivity index (χ1) is 19.6. The summed E-state index contributed by atoms with van der Waals surface area (Å²) in [7, 11) is -4.14. The lowest BCUT2D eigenvalue weighted by Crippen LogP contribution is -2.42. The summed E-state index contributed by atoms with van der Waals surface area (Å²) in [4.78, 5) is 26.7. The Labute approximate surface area is 248 Å². The Morgan fingerprint density at radius 2 is 1.66 bits per heavy atom. The molecule has 0 unspecified atom stereocenters. The summed E-state index contributed by atoms with van der Waals surface area (Å²) in [6.45, 7) is 3.32. The Morgan fingerprint density at radius 3 is 2.29 bits per heavy atom. The Balaban J connectivity index is 1.39. The number of benzene rings is 3. The monoisotopic (exact) mass is 618 g/mol. The van der Waals surface area contributed by atoms with Crippen molar-refractivity contribution in [2.45, 2.75) is 11.8 Å². The fourth-order valence-electron chi connectivity index (χ4n) is 3.88. The molecule has 3 aromatic rings. The van der Waals surface area contributed by atoms with E-state index in [-0.39, 0.29) is 33.1 Å². The van der Waals surface area contributed by atoms with E-state index in [1.165, 1.54) is 36.5 Å². The number of halogens is 2. The Morgan fingerprint density at radius 1 is 1.02 bits per heavy atom. The van der Waals surface area contributed by atoms with E-state index in [0.29, 0.717) is 37.6 Å². The van der Waals surface area contributed by atoms with Crippen LogP contribution < -0.4 is 14.5 Å². The zero-order chi connectivity index (χ0) is 29.4. The van der Waals surface area contributed by atoms with Crippen molar-refractivity contribution in [3.8, 4) is 5.75 Å². The van der Waals surface area contributed by atoms with Crippen LogP contribution in [0.4, 0.5) is 5.69 Å². The maximum absolute atomic E-state index is 13.5. The number of anilines is 1. The number of hydrogen-bond donors (Lipinski definition) is 1. The van der Waals surface area contributed by atoms with Crippen molar-refractivity contribution in [2.75, 3.05) is 43.8 Å². The highest BCUT2D eigenvalue weighted by Gasteiger charge is 2.28. The number of carbonyl (C=O) groups is 2. The zero-order valence-corrected chi connectivity index (χ0v) is 24.5. The van der Waals surface area contributed by atoms with E-state index in [1.807, 2.05) is 6.92 Å². The average Bonchev–Trinajstić information content (AvgIpc) is 2.95. The molecule has 0 spiro atoms. The maximum Gasteiger partial charge on any atom is 0.264 e. The number of amides is 2. The van der Waals surface area contributed by atoms with Gasteiger partial charge in [0.25, 0.3) is 21.8 Å². The lowest BCUT2D eigenvalue weighted by Gasteiger charge is -2.26. The molecular weight excluding hydrogens is 591 g/mol. The molecule has 1 saturated heterocycles. The highest BCUT2D eigenvalue weighted by Crippen LogP contribution is 2.29. The summed E-state index contributed by atoms with van der Waals surface area (Å²) in [5.41, 5.74) is 4.01. The number of hydrazone groups is 1. The van der Waals surface area contributed by atoms with Crippen molar-refractivity contribution in [2.24, 2.45) is 5.10 Å². The van der Waals surface area contributed by atoms with E-state index < -0.39 is 22.5 Å². The maximum atomic E-state index is 13.5. The predicted octanol–water partition coefficient (Wildman–Crippen LogP) is 3.89. The summed E-state index contributed by atoms with van der Waals surface area (Å²) < 4.78 is 38.7. The van der Waals surface area contributed by atoms with Crippen LogP contribution in [0.1, 0.15) is 11.1 Å². The minimum Gasteiger partial charge on any atom is -0.484 e. The first-order valence-electron chi connectivity index (χ1n) is 12.6. The van der Waals surface area contributed by atoms with Gasteiger partial charge in [0, 0.05) is 23.1 Å². The largest absolute Gasteiger partial charge is 0.484 e. The molecule has 13 heteroatoms. The number of carbonyl (C=O) groups excluding carboxylic acids is 2. The van der Waals surface area contributed by atoms with E-state index in [2.05, 4.69) is 10.5 Å². The number of hydrogen-bond acceptors (Lipinski definition) is 7. The number of nitrogens with one attached hydrogen (secondary N) is 1. The third-order valence-electron chi connectivity index (χ3n) is 6.04. The third-order valence-corrected chi connectivity index (χ3v) is 8.27. The van der Waals surface area contributed by atoms with Crippen LogP contribution in [0, 0.1) is 6.92 Å². The molecule has 2 amide bonds. The number of morpholine rings is 1. The second-order valence-corrected chi connectivity index (χ2v) is 11.8. The van der Waals surface area contributed by atoms with Gasteiger partial charge in [-0.05, 0) is 67.1 Å². The molecule has 4 rings (SSSR count). The molecule has 0 atom stereocenters. The molecule has 1 aliphatic heterocycles. The van der Waals surface area contributed by atoms with Crippen molar-refractivity contribution in [3.05, 3.63) is 87.9 Å². The molecule has 0 bridgehead atoms. The first kappa shape index (κ1) is 30.3. The fourth-order valence-corrected chi connectivity index (χ4v) is 5.80. The van der Waals surface area contributed by atoms with Crippen molar-refractivity contribution in [1.29, 1.82) is 0 Å². The van der Waals surface area contributed by atoms with Gasteiger partial charge in [-0.15, -0.1) is 0 Å². The van der Waals surface area contributed by atoms with Gasteiger partial charge in [0.2, 0.25) is 0 Å². The molecular formula is C28H28Cl2N4O6S. The number of aryl methyl sites for hydroxylation is 1. The smallest absolute Gasteiger partial charge is 0.264 e. The van der Waals surface area contributed by atoms with Crippen LogP contribution in [0.15, 0.2) is 76.7 Å². The number of ether oxygens (including phenoxy) is 2. The highest BCUT2D eigenvalue weighted by molar-refractivity contribution is 7.92. The van der Waals surface area contributed by atoms with Crippen molar-refractivity contribution in [1.82, 2.24) is 10.3 Å². The summed E-state index contributed by atoms with van der Waals surface area (Å²) in [5, 5.41) is 4.37. The molecule has 1 heterocycles. The second-order valence-electron chi connectivity index (χ2n) is 9.10.